The molecule has 1 aromatic heterocycles. The average Bonchev–Trinajstić information content (AvgIpc) is 3.30. The van der Waals surface area contributed by atoms with E-state index in [1.54, 1.807) is 0 Å². The fourth-order valence-electron chi connectivity index (χ4n) is 2.12. The number of aryl methyl sites for hydroxylation is 1. The quantitative estimate of drug-likeness (QED) is 0.858. The van der Waals surface area contributed by atoms with Crippen LogP contribution in [0.1, 0.15) is 29.7 Å². The molecule has 3 nitrogen and oxygen atoms in total. The summed E-state index contributed by atoms with van der Waals surface area (Å²) >= 11 is 3.46. The van der Waals surface area contributed by atoms with Crippen LogP contribution >= 0.6 is 15.9 Å². The number of rotatable bonds is 6. The van der Waals surface area contributed by atoms with Crippen molar-refractivity contribution in [3.8, 4) is 5.75 Å². The van der Waals surface area contributed by atoms with Gasteiger partial charge in [0.05, 0.1) is 5.69 Å². The lowest BCUT2D eigenvalue weighted by Crippen LogP contribution is -2.15. The van der Waals surface area contributed by atoms with Crippen molar-refractivity contribution in [1.29, 1.82) is 0 Å². The zero-order valence-electron chi connectivity index (χ0n) is 12.1. The lowest BCUT2D eigenvalue weighted by molar-refractivity contribution is 0.299. The van der Waals surface area contributed by atoms with Gasteiger partial charge in [-0.05, 0) is 55.2 Å². The first kappa shape index (κ1) is 14.5. The van der Waals surface area contributed by atoms with Gasteiger partial charge in [0.1, 0.15) is 12.4 Å². The van der Waals surface area contributed by atoms with Crippen LogP contribution in [0.15, 0.2) is 41.0 Å². The molecule has 4 heteroatoms. The highest BCUT2D eigenvalue weighted by Gasteiger charge is 2.19. The summed E-state index contributed by atoms with van der Waals surface area (Å²) in [6.45, 7) is 3.45. The van der Waals surface area contributed by atoms with Crippen LogP contribution in [0.4, 0.5) is 0 Å². The van der Waals surface area contributed by atoms with Crippen LogP contribution in [0.2, 0.25) is 0 Å². The molecule has 1 saturated carbocycles. The number of ether oxygens (including phenoxy) is 1. The highest BCUT2D eigenvalue weighted by molar-refractivity contribution is 9.10. The van der Waals surface area contributed by atoms with Gasteiger partial charge in [-0.3, -0.25) is 4.98 Å². The van der Waals surface area contributed by atoms with Crippen molar-refractivity contribution in [2.75, 3.05) is 0 Å². The smallest absolute Gasteiger partial charge is 0.130 e. The average molecular weight is 347 g/mol. The van der Waals surface area contributed by atoms with E-state index < -0.39 is 0 Å². The van der Waals surface area contributed by atoms with Gasteiger partial charge in [-0.2, -0.15) is 0 Å². The molecule has 0 unspecified atom stereocenters. The molecule has 0 bridgehead atoms. The molecule has 0 spiro atoms. The van der Waals surface area contributed by atoms with E-state index in [4.69, 9.17) is 4.74 Å². The first-order chi connectivity index (χ1) is 10.2. The summed E-state index contributed by atoms with van der Waals surface area (Å²) in [6, 6.07) is 10.9. The van der Waals surface area contributed by atoms with E-state index in [-0.39, 0.29) is 0 Å². The van der Waals surface area contributed by atoms with Gasteiger partial charge in [-0.25, -0.2) is 0 Å². The molecule has 3 rings (SSSR count). The minimum absolute atomic E-state index is 0.499. The van der Waals surface area contributed by atoms with Crippen LogP contribution in [0.5, 0.6) is 5.75 Å². The molecule has 0 atom stereocenters. The normalized spacial score (nSPS) is 14.2. The van der Waals surface area contributed by atoms with Crippen molar-refractivity contribution in [2.24, 2.45) is 0 Å². The van der Waals surface area contributed by atoms with E-state index >= 15 is 0 Å². The zero-order valence-corrected chi connectivity index (χ0v) is 13.7. The molecular formula is C17H19BrN2O. The molecule has 0 aliphatic heterocycles. The van der Waals surface area contributed by atoms with Crippen molar-refractivity contribution in [3.63, 3.8) is 0 Å². The molecule has 1 heterocycles. The molecule has 0 radical (unpaired) electrons. The Labute approximate surface area is 133 Å². The molecule has 1 aromatic carbocycles. The molecule has 1 aliphatic carbocycles. The Bertz CT molecular complexity index is 609. The second-order valence-electron chi connectivity index (χ2n) is 5.51. The summed E-state index contributed by atoms with van der Waals surface area (Å²) in [6.07, 6.45) is 4.56. The SMILES string of the molecule is Cc1cc(Br)ccc1OCc1ccc(CNC2CC2)cn1. The molecule has 1 fully saturated rings. The van der Waals surface area contributed by atoms with E-state index in [9.17, 15) is 0 Å². The number of aromatic nitrogens is 1. The summed E-state index contributed by atoms with van der Waals surface area (Å²) in [7, 11) is 0. The zero-order chi connectivity index (χ0) is 14.7. The molecule has 1 N–H and O–H groups in total. The Morgan fingerprint density at radius 3 is 2.81 bits per heavy atom. The molecular weight excluding hydrogens is 328 g/mol. The molecule has 0 amide bonds. The number of hydrogen-bond donors (Lipinski definition) is 1. The maximum atomic E-state index is 5.83. The molecule has 0 saturated heterocycles. The standard InChI is InChI=1S/C17H19BrN2O/c1-12-8-14(18)3-7-17(12)21-11-16-4-2-13(10-20-16)9-19-15-5-6-15/h2-4,7-8,10,15,19H,5-6,9,11H2,1H3. The maximum Gasteiger partial charge on any atom is 0.130 e. The van der Waals surface area contributed by atoms with Crippen molar-refractivity contribution in [1.82, 2.24) is 10.3 Å². The Hall–Kier alpha value is -1.39. The van der Waals surface area contributed by atoms with E-state index in [0.29, 0.717) is 6.61 Å². The van der Waals surface area contributed by atoms with Crippen LogP contribution in [0, 0.1) is 6.92 Å². The number of hydrogen-bond acceptors (Lipinski definition) is 3. The predicted octanol–water partition coefficient (Wildman–Crippen LogP) is 3.98. The lowest BCUT2D eigenvalue weighted by Gasteiger charge is -2.09. The minimum Gasteiger partial charge on any atom is -0.487 e. The van der Waals surface area contributed by atoms with Crippen LogP contribution in [0.3, 0.4) is 0 Å². The number of benzene rings is 1. The maximum absolute atomic E-state index is 5.83. The summed E-state index contributed by atoms with van der Waals surface area (Å²) < 4.78 is 6.89. The van der Waals surface area contributed by atoms with Crippen LogP contribution < -0.4 is 10.1 Å². The van der Waals surface area contributed by atoms with Gasteiger partial charge in [-0.1, -0.05) is 22.0 Å². The summed E-state index contributed by atoms with van der Waals surface area (Å²) in [5.41, 5.74) is 3.30. The largest absolute Gasteiger partial charge is 0.487 e. The molecule has 1 aliphatic rings. The monoisotopic (exact) mass is 346 g/mol. The highest BCUT2D eigenvalue weighted by atomic mass is 79.9. The Morgan fingerprint density at radius 2 is 2.14 bits per heavy atom. The topological polar surface area (TPSA) is 34.1 Å². The third kappa shape index (κ3) is 4.29. The van der Waals surface area contributed by atoms with Crippen molar-refractivity contribution in [2.45, 2.75) is 39.0 Å². The third-order valence-corrected chi connectivity index (χ3v) is 4.06. The fraction of sp³-hybridized carbons (Fsp3) is 0.353. The Morgan fingerprint density at radius 1 is 1.29 bits per heavy atom. The van der Waals surface area contributed by atoms with Crippen LogP contribution in [-0.2, 0) is 13.2 Å². The first-order valence-corrected chi connectivity index (χ1v) is 8.06. The summed E-state index contributed by atoms with van der Waals surface area (Å²) in [5, 5.41) is 3.49. The van der Waals surface area contributed by atoms with Gasteiger partial charge in [0.2, 0.25) is 0 Å². The van der Waals surface area contributed by atoms with Gasteiger partial charge in [0.15, 0.2) is 0 Å². The van der Waals surface area contributed by atoms with Gasteiger partial charge in [0.25, 0.3) is 0 Å². The Balaban J connectivity index is 1.54. The van der Waals surface area contributed by atoms with Gasteiger partial charge >= 0.3 is 0 Å². The highest BCUT2D eigenvalue weighted by Crippen LogP contribution is 2.23. The van der Waals surface area contributed by atoms with Gasteiger partial charge < -0.3 is 10.1 Å². The van der Waals surface area contributed by atoms with E-state index in [2.05, 4.69) is 38.4 Å². The van der Waals surface area contributed by atoms with Crippen LogP contribution in [0.25, 0.3) is 0 Å². The Kier molecular flexibility index (Phi) is 4.56. The van der Waals surface area contributed by atoms with E-state index in [1.165, 1.54) is 18.4 Å². The van der Waals surface area contributed by atoms with Gasteiger partial charge in [0, 0.05) is 23.3 Å². The minimum atomic E-state index is 0.499. The second kappa shape index (κ2) is 6.58. The first-order valence-electron chi connectivity index (χ1n) is 7.27. The fourth-order valence-corrected chi connectivity index (χ4v) is 2.60. The van der Waals surface area contributed by atoms with Crippen molar-refractivity contribution >= 4 is 15.9 Å². The molecule has 2 aromatic rings. The van der Waals surface area contributed by atoms with Gasteiger partial charge in [-0.15, -0.1) is 0 Å². The second-order valence-corrected chi connectivity index (χ2v) is 6.43. The predicted molar refractivity (Wildman–Crippen MR) is 87.3 cm³/mol. The lowest BCUT2D eigenvalue weighted by atomic mass is 10.2. The molecule has 21 heavy (non-hydrogen) atoms. The number of nitrogens with zero attached hydrogens (tertiary/aromatic N) is 1. The van der Waals surface area contributed by atoms with E-state index in [0.717, 1.165) is 34.1 Å². The van der Waals surface area contributed by atoms with Crippen LogP contribution in [-0.4, -0.2) is 11.0 Å². The van der Waals surface area contributed by atoms with Crippen molar-refractivity contribution in [3.05, 3.63) is 57.8 Å². The van der Waals surface area contributed by atoms with E-state index in [1.807, 2.05) is 31.3 Å². The number of pyridine rings is 1. The number of nitrogens with one attached hydrogen (secondary N) is 1. The van der Waals surface area contributed by atoms with Crippen molar-refractivity contribution < 1.29 is 4.74 Å². The third-order valence-electron chi connectivity index (χ3n) is 3.57. The number of halogens is 1. The molecule has 110 valence electrons. The summed E-state index contributed by atoms with van der Waals surface area (Å²) in [5.74, 6) is 0.902. The summed E-state index contributed by atoms with van der Waals surface area (Å²) in [4.78, 5) is 4.47.